The van der Waals surface area contributed by atoms with Gasteiger partial charge in [0.15, 0.2) is 0 Å². The molecule has 0 saturated carbocycles. The van der Waals surface area contributed by atoms with Gasteiger partial charge in [-0.1, -0.05) is 33.6 Å². The second-order valence-electron chi connectivity index (χ2n) is 5.06. The summed E-state index contributed by atoms with van der Waals surface area (Å²) in [5, 5.41) is 3.42. The highest BCUT2D eigenvalue weighted by molar-refractivity contribution is 5.40. The van der Waals surface area contributed by atoms with Crippen LogP contribution in [-0.2, 0) is 6.54 Å². The van der Waals surface area contributed by atoms with Crippen LogP contribution < -0.4 is 14.8 Å². The molecule has 0 aliphatic heterocycles. The molecule has 1 N–H and O–H groups in total. The van der Waals surface area contributed by atoms with Crippen molar-refractivity contribution in [2.45, 2.75) is 52.6 Å². The fourth-order valence-corrected chi connectivity index (χ4v) is 1.81. The van der Waals surface area contributed by atoms with Gasteiger partial charge in [0.1, 0.15) is 11.5 Å². The van der Waals surface area contributed by atoms with Crippen LogP contribution in [0.15, 0.2) is 18.2 Å². The highest BCUT2D eigenvalue weighted by atomic mass is 16.5. The zero-order valence-corrected chi connectivity index (χ0v) is 12.7. The Morgan fingerprint density at radius 3 is 2.63 bits per heavy atom. The molecule has 3 nitrogen and oxygen atoms in total. The second kappa shape index (κ2) is 8.81. The van der Waals surface area contributed by atoms with E-state index in [0.717, 1.165) is 36.6 Å². The molecule has 0 amide bonds. The Bertz CT molecular complexity index is 364. The number of nitrogens with one attached hydrogen (secondary N) is 1. The van der Waals surface area contributed by atoms with Gasteiger partial charge < -0.3 is 14.8 Å². The summed E-state index contributed by atoms with van der Waals surface area (Å²) >= 11 is 0. The van der Waals surface area contributed by atoms with Crippen LogP contribution in [0, 0.1) is 0 Å². The van der Waals surface area contributed by atoms with E-state index < -0.39 is 0 Å². The number of benzene rings is 1. The molecular weight excluding hydrogens is 238 g/mol. The van der Waals surface area contributed by atoms with Crippen molar-refractivity contribution in [3.63, 3.8) is 0 Å². The summed E-state index contributed by atoms with van der Waals surface area (Å²) in [4.78, 5) is 0. The predicted molar refractivity (Wildman–Crippen MR) is 80.0 cm³/mol. The van der Waals surface area contributed by atoms with Crippen molar-refractivity contribution in [3.8, 4) is 11.5 Å². The van der Waals surface area contributed by atoms with Crippen molar-refractivity contribution in [2.75, 3.05) is 13.7 Å². The lowest BCUT2D eigenvalue weighted by Crippen LogP contribution is -2.22. The van der Waals surface area contributed by atoms with Gasteiger partial charge in [0.25, 0.3) is 0 Å². The van der Waals surface area contributed by atoms with Gasteiger partial charge in [-0.05, 0) is 24.6 Å². The molecule has 0 aliphatic rings. The maximum absolute atomic E-state index is 5.88. The van der Waals surface area contributed by atoms with E-state index in [4.69, 9.17) is 9.47 Å². The number of hydrogen-bond donors (Lipinski definition) is 1. The number of unbranched alkanes of at least 4 members (excludes halogenated alkanes) is 2. The molecule has 0 bridgehead atoms. The van der Waals surface area contributed by atoms with Gasteiger partial charge >= 0.3 is 0 Å². The van der Waals surface area contributed by atoms with Crippen LogP contribution in [0.3, 0.4) is 0 Å². The summed E-state index contributed by atoms with van der Waals surface area (Å²) in [6.45, 7) is 8.07. The first-order valence-electron chi connectivity index (χ1n) is 7.20. The Balaban J connectivity index is 2.65. The zero-order chi connectivity index (χ0) is 14.1. The third-order valence-electron chi connectivity index (χ3n) is 2.97. The monoisotopic (exact) mass is 265 g/mol. The van der Waals surface area contributed by atoms with Gasteiger partial charge in [-0.15, -0.1) is 0 Å². The topological polar surface area (TPSA) is 30.5 Å². The lowest BCUT2D eigenvalue weighted by atomic mass is 10.1. The first-order valence-corrected chi connectivity index (χ1v) is 7.20. The molecule has 1 rings (SSSR count). The maximum atomic E-state index is 5.88. The highest BCUT2D eigenvalue weighted by Gasteiger charge is 2.06. The first kappa shape index (κ1) is 15.8. The van der Waals surface area contributed by atoms with E-state index in [1.165, 1.54) is 12.8 Å². The van der Waals surface area contributed by atoms with Gasteiger partial charge in [-0.2, -0.15) is 0 Å². The zero-order valence-electron chi connectivity index (χ0n) is 12.7. The molecule has 1 aromatic carbocycles. The molecule has 0 fully saturated rings. The Morgan fingerprint density at radius 1 is 1.21 bits per heavy atom. The van der Waals surface area contributed by atoms with Crippen molar-refractivity contribution in [3.05, 3.63) is 23.8 Å². The summed E-state index contributed by atoms with van der Waals surface area (Å²) in [5.41, 5.74) is 1.16. The van der Waals surface area contributed by atoms with Crippen LogP contribution in [0.4, 0.5) is 0 Å². The summed E-state index contributed by atoms with van der Waals surface area (Å²) < 4.78 is 11.2. The molecule has 0 saturated heterocycles. The Morgan fingerprint density at radius 2 is 2.00 bits per heavy atom. The summed E-state index contributed by atoms with van der Waals surface area (Å²) in [6.07, 6.45) is 3.54. The molecule has 0 radical (unpaired) electrons. The molecule has 0 aliphatic carbocycles. The van der Waals surface area contributed by atoms with E-state index in [9.17, 15) is 0 Å². The number of hydrogen-bond acceptors (Lipinski definition) is 3. The maximum Gasteiger partial charge on any atom is 0.124 e. The molecule has 0 atom stereocenters. The lowest BCUT2D eigenvalue weighted by molar-refractivity contribution is 0.301. The van der Waals surface area contributed by atoms with Crippen molar-refractivity contribution < 1.29 is 9.47 Å². The average Bonchev–Trinajstić information content (AvgIpc) is 2.42. The van der Waals surface area contributed by atoms with Gasteiger partial charge in [-0.3, -0.25) is 0 Å². The number of ether oxygens (including phenoxy) is 2. The van der Waals surface area contributed by atoms with Crippen LogP contribution in [-0.4, -0.2) is 19.8 Å². The standard InChI is InChI=1S/C16H27NO2/c1-5-6-7-10-19-16-9-8-15(18-4)11-14(16)12-17-13(2)3/h8-9,11,13,17H,5-7,10,12H2,1-4H3. The van der Waals surface area contributed by atoms with Crippen molar-refractivity contribution in [1.29, 1.82) is 0 Å². The van der Waals surface area contributed by atoms with Crippen molar-refractivity contribution in [1.82, 2.24) is 5.32 Å². The van der Waals surface area contributed by atoms with E-state index >= 15 is 0 Å². The predicted octanol–water partition coefficient (Wildman–Crippen LogP) is 3.76. The fraction of sp³-hybridized carbons (Fsp3) is 0.625. The summed E-state index contributed by atoms with van der Waals surface area (Å²) in [6, 6.07) is 6.46. The highest BCUT2D eigenvalue weighted by Crippen LogP contribution is 2.24. The largest absolute Gasteiger partial charge is 0.497 e. The van der Waals surface area contributed by atoms with Crippen LogP contribution >= 0.6 is 0 Å². The Hall–Kier alpha value is -1.22. The molecule has 0 spiro atoms. The summed E-state index contributed by atoms with van der Waals surface area (Å²) in [5.74, 6) is 1.84. The average molecular weight is 265 g/mol. The minimum absolute atomic E-state index is 0.458. The van der Waals surface area contributed by atoms with Crippen LogP contribution in [0.5, 0.6) is 11.5 Å². The Kier molecular flexibility index (Phi) is 7.34. The molecule has 0 unspecified atom stereocenters. The molecule has 1 aromatic rings. The van der Waals surface area contributed by atoms with Gasteiger partial charge in [-0.25, -0.2) is 0 Å². The van der Waals surface area contributed by atoms with E-state index in [2.05, 4.69) is 26.1 Å². The van der Waals surface area contributed by atoms with E-state index in [1.54, 1.807) is 7.11 Å². The van der Waals surface area contributed by atoms with Gasteiger partial charge in [0, 0.05) is 18.2 Å². The quantitative estimate of drug-likeness (QED) is 0.690. The second-order valence-corrected chi connectivity index (χ2v) is 5.06. The van der Waals surface area contributed by atoms with Crippen LogP contribution in [0.1, 0.15) is 45.6 Å². The third kappa shape index (κ3) is 5.97. The van der Waals surface area contributed by atoms with Crippen molar-refractivity contribution in [2.24, 2.45) is 0 Å². The third-order valence-corrected chi connectivity index (χ3v) is 2.97. The smallest absolute Gasteiger partial charge is 0.124 e. The van der Waals surface area contributed by atoms with E-state index in [-0.39, 0.29) is 0 Å². The van der Waals surface area contributed by atoms with E-state index in [0.29, 0.717) is 6.04 Å². The number of methoxy groups -OCH3 is 1. The molecule has 19 heavy (non-hydrogen) atoms. The SMILES string of the molecule is CCCCCOc1ccc(OC)cc1CNC(C)C. The normalized spacial score (nSPS) is 10.8. The van der Waals surface area contributed by atoms with Crippen LogP contribution in [0.2, 0.25) is 0 Å². The van der Waals surface area contributed by atoms with Gasteiger partial charge in [0.05, 0.1) is 13.7 Å². The summed E-state index contributed by atoms with van der Waals surface area (Å²) in [7, 11) is 1.69. The molecule has 0 aromatic heterocycles. The molecular formula is C16H27NO2. The Labute approximate surface area is 117 Å². The molecule has 108 valence electrons. The fourth-order valence-electron chi connectivity index (χ4n) is 1.81. The van der Waals surface area contributed by atoms with E-state index in [1.807, 2.05) is 18.2 Å². The molecule has 0 heterocycles. The first-order chi connectivity index (χ1) is 9.17. The number of rotatable bonds is 9. The van der Waals surface area contributed by atoms with Crippen LogP contribution in [0.25, 0.3) is 0 Å². The lowest BCUT2D eigenvalue weighted by Gasteiger charge is -2.15. The molecule has 3 heteroatoms. The minimum atomic E-state index is 0.458. The van der Waals surface area contributed by atoms with Gasteiger partial charge in [0.2, 0.25) is 0 Å². The minimum Gasteiger partial charge on any atom is -0.497 e. The van der Waals surface area contributed by atoms with Crippen molar-refractivity contribution >= 4 is 0 Å².